The van der Waals surface area contributed by atoms with E-state index in [1.54, 1.807) is 0 Å². The Morgan fingerprint density at radius 3 is 1.07 bits per heavy atom. The lowest BCUT2D eigenvalue weighted by atomic mass is 10.1. The molecule has 0 N–H and O–H groups in total. The van der Waals surface area contributed by atoms with Gasteiger partial charge in [-0.15, -0.1) is 0 Å². The van der Waals surface area contributed by atoms with Gasteiger partial charge in [-0.3, -0.25) is 14.4 Å². The second-order valence-corrected chi connectivity index (χ2v) is 16.8. The molecule has 61 heavy (non-hydrogen) atoms. The van der Waals surface area contributed by atoms with Gasteiger partial charge in [0.15, 0.2) is 6.10 Å². The van der Waals surface area contributed by atoms with Crippen molar-refractivity contribution in [2.45, 2.75) is 245 Å². The van der Waals surface area contributed by atoms with Crippen molar-refractivity contribution in [1.29, 1.82) is 0 Å². The summed E-state index contributed by atoms with van der Waals surface area (Å²) < 4.78 is 16.7. The predicted octanol–water partition coefficient (Wildman–Crippen LogP) is 16.6. The average Bonchev–Trinajstić information content (AvgIpc) is 3.26. The maximum atomic E-state index is 12.8. The lowest BCUT2D eigenvalue weighted by Gasteiger charge is -2.18. The molecular formula is C55H94O6. The van der Waals surface area contributed by atoms with E-state index in [1.165, 1.54) is 116 Å². The minimum Gasteiger partial charge on any atom is -0.462 e. The topological polar surface area (TPSA) is 78.9 Å². The first kappa shape index (κ1) is 57.9. The summed E-state index contributed by atoms with van der Waals surface area (Å²) in [4.78, 5) is 37.9. The maximum absolute atomic E-state index is 12.8. The summed E-state index contributed by atoms with van der Waals surface area (Å²) in [6.07, 6.45) is 61.7. The Labute approximate surface area is 376 Å². The second kappa shape index (κ2) is 49.5. The van der Waals surface area contributed by atoms with E-state index in [9.17, 15) is 14.4 Å². The van der Waals surface area contributed by atoms with Gasteiger partial charge in [-0.2, -0.15) is 0 Å². The first-order valence-corrected chi connectivity index (χ1v) is 25.5. The fraction of sp³-hybridized carbons (Fsp3) is 0.727. The highest BCUT2D eigenvalue weighted by Crippen LogP contribution is 2.14. The number of allylic oxidation sites excluding steroid dienone is 12. The van der Waals surface area contributed by atoms with Crippen molar-refractivity contribution >= 4 is 17.9 Å². The van der Waals surface area contributed by atoms with Crippen LogP contribution in [-0.4, -0.2) is 37.2 Å². The van der Waals surface area contributed by atoms with Crippen molar-refractivity contribution in [3.8, 4) is 0 Å². The second-order valence-electron chi connectivity index (χ2n) is 16.8. The number of carbonyl (C=O) groups is 3. The van der Waals surface area contributed by atoms with Gasteiger partial charge in [-0.05, 0) is 89.9 Å². The molecule has 0 aromatic heterocycles. The van der Waals surface area contributed by atoms with Crippen molar-refractivity contribution < 1.29 is 28.6 Å². The summed E-state index contributed by atoms with van der Waals surface area (Å²) >= 11 is 0. The summed E-state index contributed by atoms with van der Waals surface area (Å²) in [7, 11) is 0. The van der Waals surface area contributed by atoms with E-state index >= 15 is 0 Å². The molecule has 0 fully saturated rings. The third-order valence-corrected chi connectivity index (χ3v) is 10.8. The first-order chi connectivity index (χ1) is 30.0. The quantitative estimate of drug-likeness (QED) is 0.0200. The molecule has 0 aromatic rings. The van der Waals surface area contributed by atoms with Gasteiger partial charge in [0.25, 0.3) is 0 Å². The standard InChI is InChI=1S/C55H94O6/c1-4-7-10-13-16-19-22-25-26-27-28-31-33-36-39-42-45-48-54(57)60-51-52(61-55(58)49-46-43-40-37-34-30-24-21-18-15-12-9-6-3)50-59-53(56)47-44-41-38-35-32-29-23-20-17-14-11-8-5-2/h9,12,15,18,21,24-26,29-30,32,34,52H,4-8,10-11,13-14,16-17,19-20,22-23,27-28,31,33,35-51H2,1-3H3/b12-9-,18-15-,24-21-,26-25-,32-29-,34-30-. The van der Waals surface area contributed by atoms with E-state index in [-0.39, 0.29) is 37.5 Å². The van der Waals surface area contributed by atoms with E-state index in [0.717, 1.165) is 77.0 Å². The van der Waals surface area contributed by atoms with Crippen LogP contribution in [0.15, 0.2) is 72.9 Å². The fourth-order valence-electron chi connectivity index (χ4n) is 6.91. The van der Waals surface area contributed by atoms with Crippen LogP contribution in [0.4, 0.5) is 0 Å². The highest BCUT2D eigenvalue weighted by atomic mass is 16.6. The van der Waals surface area contributed by atoms with Crippen LogP contribution >= 0.6 is 0 Å². The minimum absolute atomic E-state index is 0.0985. The Balaban J connectivity index is 4.44. The Hall–Kier alpha value is -3.15. The third kappa shape index (κ3) is 47.7. The van der Waals surface area contributed by atoms with Crippen molar-refractivity contribution in [2.24, 2.45) is 0 Å². The molecule has 1 unspecified atom stereocenters. The van der Waals surface area contributed by atoms with Gasteiger partial charge >= 0.3 is 17.9 Å². The molecular weight excluding hydrogens is 757 g/mol. The zero-order chi connectivity index (χ0) is 44.4. The Bertz CT molecular complexity index is 1160. The monoisotopic (exact) mass is 851 g/mol. The Morgan fingerprint density at radius 2 is 0.656 bits per heavy atom. The van der Waals surface area contributed by atoms with Crippen LogP contribution < -0.4 is 0 Å². The van der Waals surface area contributed by atoms with Crippen LogP contribution in [0.25, 0.3) is 0 Å². The number of carbonyl (C=O) groups excluding carboxylic acids is 3. The average molecular weight is 851 g/mol. The molecule has 0 aliphatic rings. The molecule has 0 heterocycles. The van der Waals surface area contributed by atoms with E-state index < -0.39 is 6.10 Å². The highest BCUT2D eigenvalue weighted by Gasteiger charge is 2.19. The molecule has 1 atom stereocenters. The smallest absolute Gasteiger partial charge is 0.306 e. The van der Waals surface area contributed by atoms with Crippen LogP contribution in [0, 0.1) is 0 Å². The molecule has 350 valence electrons. The van der Waals surface area contributed by atoms with Gasteiger partial charge in [0.2, 0.25) is 0 Å². The molecule has 0 saturated carbocycles. The number of hydrogen-bond acceptors (Lipinski definition) is 6. The van der Waals surface area contributed by atoms with E-state index in [0.29, 0.717) is 19.3 Å². The molecule has 6 heteroatoms. The van der Waals surface area contributed by atoms with Gasteiger partial charge in [0.05, 0.1) is 0 Å². The highest BCUT2D eigenvalue weighted by molar-refractivity contribution is 5.71. The van der Waals surface area contributed by atoms with E-state index in [4.69, 9.17) is 14.2 Å². The van der Waals surface area contributed by atoms with Crippen LogP contribution in [0.2, 0.25) is 0 Å². The van der Waals surface area contributed by atoms with Crippen LogP contribution in [0.3, 0.4) is 0 Å². The van der Waals surface area contributed by atoms with Crippen LogP contribution in [-0.2, 0) is 28.6 Å². The van der Waals surface area contributed by atoms with Crippen molar-refractivity contribution in [3.05, 3.63) is 72.9 Å². The molecule has 0 rings (SSSR count). The van der Waals surface area contributed by atoms with Crippen LogP contribution in [0.5, 0.6) is 0 Å². The van der Waals surface area contributed by atoms with Crippen molar-refractivity contribution in [1.82, 2.24) is 0 Å². The molecule has 0 aliphatic carbocycles. The predicted molar refractivity (Wildman–Crippen MR) is 261 cm³/mol. The van der Waals surface area contributed by atoms with Gasteiger partial charge in [0.1, 0.15) is 13.2 Å². The Kier molecular flexibility index (Phi) is 46.9. The lowest BCUT2D eigenvalue weighted by molar-refractivity contribution is -0.167. The summed E-state index contributed by atoms with van der Waals surface area (Å²) in [5.74, 6) is -0.958. The minimum atomic E-state index is -0.802. The number of unbranched alkanes of at least 4 members (excludes halogenated alkanes) is 25. The lowest BCUT2D eigenvalue weighted by Crippen LogP contribution is -2.30. The number of esters is 3. The van der Waals surface area contributed by atoms with Gasteiger partial charge in [0, 0.05) is 19.3 Å². The molecule has 0 bridgehead atoms. The molecule has 0 aliphatic heterocycles. The van der Waals surface area contributed by atoms with Crippen LogP contribution in [0.1, 0.15) is 239 Å². The molecule has 6 nitrogen and oxygen atoms in total. The molecule has 0 spiro atoms. The largest absolute Gasteiger partial charge is 0.462 e. The summed E-state index contributed by atoms with van der Waals surface area (Å²) in [5, 5.41) is 0. The summed E-state index contributed by atoms with van der Waals surface area (Å²) in [5.41, 5.74) is 0. The summed E-state index contributed by atoms with van der Waals surface area (Å²) in [6, 6.07) is 0. The summed E-state index contributed by atoms with van der Waals surface area (Å²) in [6.45, 7) is 6.43. The zero-order valence-electron chi connectivity index (χ0n) is 39.9. The first-order valence-electron chi connectivity index (χ1n) is 25.5. The van der Waals surface area contributed by atoms with Gasteiger partial charge < -0.3 is 14.2 Å². The molecule has 0 saturated heterocycles. The number of ether oxygens (including phenoxy) is 3. The third-order valence-electron chi connectivity index (χ3n) is 10.8. The van der Waals surface area contributed by atoms with Crippen molar-refractivity contribution in [3.63, 3.8) is 0 Å². The SMILES string of the molecule is CC\C=C/C=C\C=C/C=C\CCCCCC(=O)OC(COC(=O)CCCCC/C=C\CCCCCCCC)COC(=O)CCCCCCCCC/C=C\CCCCCCCC. The van der Waals surface area contributed by atoms with Gasteiger partial charge in [-0.25, -0.2) is 0 Å². The normalized spacial score (nSPS) is 12.6. The van der Waals surface area contributed by atoms with Crippen molar-refractivity contribution in [2.75, 3.05) is 13.2 Å². The molecule has 0 radical (unpaired) electrons. The van der Waals surface area contributed by atoms with Gasteiger partial charge in [-0.1, -0.05) is 203 Å². The fourth-order valence-corrected chi connectivity index (χ4v) is 6.91. The van der Waals surface area contributed by atoms with E-state index in [2.05, 4.69) is 57.2 Å². The number of rotatable bonds is 45. The zero-order valence-corrected chi connectivity index (χ0v) is 39.9. The maximum Gasteiger partial charge on any atom is 0.306 e. The number of hydrogen-bond donors (Lipinski definition) is 0. The molecule has 0 aromatic carbocycles. The molecule has 0 amide bonds. The van der Waals surface area contributed by atoms with E-state index in [1.807, 2.05) is 36.5 Å². The Morgan fingerprint density at radius 1 is 0.344 bits per heavy atom.